The fourth-order valence-corrected chi connectivity index (χ4v) is 3.53. The Morgan fingerprint density at radius 2 is 1.24 bits per heavy atom. The molecule has 0 spiro atoms. The third-order valence-corrected chi connectivity index (χ3v) is 4.70. The summed E-state index contributed by atoms with van der Waals surface area (Å²) < 4.78 is 0. The molecule has 21 heavy (non-hydrogen) atoms. The van der Waals surface area contributed by atoms with Crippen molar-refractivity contribution in [2.24, 2.45) is 0 Å². The second-order valence-corrected chi connectivity index (χ2v) is 6.93. The molecule has 2 aromatic carbocycles. The largest absolute Gasteiger partial charge is 0.508 e. The SMILES string of the molecule is Oc1ccc(SCCC(O)(O)Sc2ccc(O)cc2)cc1. The monoisotopic (exact) mass is 324 g/mol. The summed E-state index contributed by atoms with van der Waals surface area (Å²) in [6, 6.07) is 13.0. The minimum Gasteiger partial charge on any atom is -0.508 e. The van der Waals surface area contributed by atoms with Crippen molar-refractivity contribution in [1.29, 1.82) is 0 Å². The first-order valence-corrected chi connectivity index (χ1v) is 8.09. The smallest absolute Gasteiger partial charge is 0.218 e. The van der Waals surface area contributed by atoms with Crippen molar-refractivity contribution in [3.05, 3.63) is 48.5 Å². The highest BCUT2D eigenvalue weighted by atomic mass is 32.2. The van der Waals surface area contributed by atoms with E-state index in [0.29, 0.717) is 10.6 Å². The van der Waals surface area contributed by atoms with Gasteiger partial charge in [0.25, 0.3) is 0 Å². The van der Waals surface area contributed by atoms with Gasteiger partial charge in [0.2, 0.25) is 5.12 Å². The van der Waals surface area contributed by atoms with Gasteiger partial charge >= 0.3 is 0 Å². The maximum Gasteiger partial charge on any atom is 0.218 e. The van der Waals surface area contributed by atoms with E-state index >= 15 is 0 Å². The van der Waals surface area contributed by atoms with Crippen molar-refractivity contribution < 1.29 is 20.4 Å². The summed E-state index contributed by atoms with van der Waals surface area (Å²) in [5.41, 5.74) is 0. The molecule has 0 aliphatic carbocycles. The standard InChI is InChI=1S/C15H16O4S2/c16-11-1-5-13(6-2-11)20-10-9-15(18,19)21-14-7-3-12(17)4-8-14/h1-8,16-19H,9-10H2. The molecule has 4 N–H and O–H groups in total. The van der Waals surface area contributed by atoms with E-state index in [9.17, 15) is 20.4 Å². The first-order valence-electron chi connectivity index (χ1n) is 6.29. The van der Waals surface area contributed by atoms with Crippen molar-refractivity contribution in [2.45, 2.75) is 21.3 Å². The lowest BCUT2D eigenvalue weighted by Crippen LogP contribution is -2.23. The third kappa shape index (κ3) is 5.51. The second-order valence-electron chi connectivity index (χ2n) is 4.43. The van der Waals surface area contributed by atoms with Crippen LogP contribution in [0.25, 0.3) is 0 Å². The van der Waals surface area contributed by atoms with E-state index in [4.69, 9.17) is 0 Å². The predicted octanol–water partition coefficient (Wildman–Crippen LogP) is 3.01. The van der Waals surface area contributed by atoms with E-state index in [1.165, 1.54) is 23.9 Å². The van der Waals surface area contributed by atoms with Crippen molar-refractivity contribution in [2.75, 3.05) is 5.75 Å². The first-order chi connectivity index (χ1) is 9.94. The molecule has 2 aromatic rings. The highest BCUT2D eigenvalue weighted by Gasteiger charge is 2.24. The van der Waals surface area contributed by atoms with Crippen molar-refractivity contribution in [3.63, 3.8) is 0 Å². The lowest BCUT2D eigenvalue weighted by molar-refractivity contribution is -0.0766. The molecule has 112 valence electrons. The van der Waals surface area contributed by atoms with Crippen LogP contribution in [0.2, 0.25) is 0 Å². The predicted molar refractivity (Wildman–Crippen MR) is 84.6 cm³/mol. The minimum absolute atomic E-state index is 0.142. The van der Waals surface area contributed by atoms with E-state index in [2.05, 4.69) is 0 Å². The van der Waals surface area contributed by atoms with Crippen LogP contribution in [-0.4, -0.2) is 31.3 Å². The third-order valence-electron chi connectivity index (χ3n) is 2.65. The molecule has 0 atom stereocenters. The van der Waals surface area contributed by atoms with Crippen LogP contribution in [0.5, 0.6) is 11.5 Å². The molecule has 4 nitrogen and oxygen atoms in total. The van der Waals surface area contributed by atoms with Gasteiger partial charge in [-0.2, -0.15) is 0 Å². The summed E-state index contributed by atoms with van der Waals surface area (Å²) in [5, 5.41) is 36.4. The molecular weight excluding hydrogens is 308 g/mol. The van der Waals surface area contributed by atoms with Gasteiger partial charge in [0.15, 0.2) is 0 Å². The lowest BCUT2D eigenvalue weighted by Gasteiger charge is -2.20. The van der Waals surface area contributed by atoms with Crippen LogP contribution in [0.15, 0.2) is 58.3 Å². The molecule has 0 unspecified atom stereocenters. The Morgan fingerprint density at radius 1 is 0.762 bits per heavy atom. The number of aromatic hydroxyl groups is 2. The first kappa shape index (κ1) is 16.0. The number of hydrogen-bond acceptors (Lipinski definition) is 6. The molecule has 0 fully saturated rings. The van der Waals surface area contributed by atoms with Gasteiger partial charge in [0, 0.05) is 22.0 Å². The van der Waals surface area contributed by atoms with Gasteiger partial charge in [-0.25, -0.2) is 0 Å². The molecule has 0 aliphatic rings. The number of benzene rings is 2. The number of phenolic OH excluding ortho intramolecular Hbond substituents is 2. The van der Waals surface area contributed by atoms with Gasteiger partial charge in [-0.05, 0) is 48.5 Å². The molecule has 0 aromatic heterocycles. The topological polar surface area (TPSA) is 80.9 Å². The van der Waals surface area contributed by atoms with Crippen LogP contribution in [0, 0.1) is 0 Å². The van der Waals surface area contributed by atoms with E-state index in [1.54, 1.807) is 36.4 Å². The van der Waals surface area contributed by atoms with Gasteiger partial charge in [-0.3, -0.25) is 0 Å². The van der Waals surface area contributed by atoms with Crippen LogP contribution in [0.3, 0.4) is 0 Å². The normalized spacial score (nSPS) is 11.5. The molecular formula is C15H16O4S2. The summed E-state index contributed by atoms with van der Waals surface area (Å²) >= 11 is 2.42. The molecule has 0 heterocycles. The molecule has 0 radical (unpaired) electrons. The Morgan fingerprint density at radius 3 is 1.76 bits per heavy atom. The summed E-state index contributed by atoms with van der Waals surface area (Å²) in [6.45, 7) is 0. The quantitative estimate of drug-likeness (QED) is 0.483. The number of hydrogen-bond donors (Lipinski definition) is 4. The van der Waals surface area contributed by atoms with Crippen LogP contribution < -0.4 is 0 Å². The average molecular weight is 324 g/mol. The highest BCUT2D eigenvalue weighted by Crippen LogP contribution is 2.34. The molecule has 6 heteroatoms. The molecule has 0 amide bonds. The zero-order valence-corrected chi connectivity index (χ0v) is 12.8. The Labute approximate surface area is 131 Å². The Hall–Kier alpha value is -1.34. The highest BCUT2D eigenvalue weighted by molar-refractivity contribution is 8.00. The minimum atomic E-state index is -1.86. The Kier molecular flexibility index (Phi) is 5.41. The summed E-state index contributed by atoms with van der Waals surface area (Å²) in [5.74, 6) is 0.882. The van der Waals surface area contributed by atoms with Gasteiger partial charge in [-0.1, -0.05) is 11.8 Å². The van der Waals surface area contributed by atoms with Gasteiger partial charge in [-0.15, -0.1) is 11.8 Å². The van der Waals surface area contributed by atoms with Crippen molar-refractivity contribution >= 4 is 23.5 Å². The molecule has 0 saturated carbocycles. The number of thioether (sulfide) groups is 2. The summed E-state index contributed by atoms with van der Waals surface area (Å²) in [4.78, 5) is 1.63. The van der Waals surface area contributed by atoms with E-state index in [-0.39, 0.29) is 17.9 Å². The second kappa shape index (κ2) is 7.09. The zero-order valence-electron chi connectivity index (χ0n) is 11.1. The van der Waals surface area contributed by atoms with E-state index in [0.717, 1.165) is 16.7 Å². The molecule has 2 rings (SSSR count). The van der Waals surface area contributed by atoms with Gasteiger partial charge in [0.1, 0.15) is 11.5 Å². The van der Waals surface area contributed by atoms with Gasteiger partial charge < -0.3 is 20.4 Å². The Bertz CT molecular complexity index is 567. The van der Waals surface area contributed by atoms with E-state index in [1.807, 2.05) is 0 Å². The van der Waals surface area contributed by atoms with Crippen molar-refractivity contribution in [1.82, 2.24) is 0 Å². The fraction of sp³-hybridized carbons (Fsp3) is 0.200. The number of aliphatic hydroxyl groups is 2. The fourth-order valence-electron chi connectivity index (χ4n) is 1.60. The summed E-state index contributed by atoms with van der Waals surface area (Å²) in [6.07, 6.45) is 0.185. The van der Waals surface area contributed by atoms with Crippen LogP contribution in [-0.2, 0) is 0 Å². The van der Waals surface area contributed by atoms with Gasteiger partial charge in [0.05, 0.1) is 0 Å². The summed E-state index contributed by atoms with van der Waals surface area (Å²) in [7, 11) is 0. The zero-order chi connectivity index (χ0) is 15.3. The maximum absolute atomic E-state index is 9.96. The average Bonchev–Trinajstić information content (AvgIpc) is 2.43. The lowest BCUT2D eigenvalue weighted by atomic mass is 10.3. The van der Waals surface area contributed by atoms with Crippen LogP contribution >= 0.6 is 23.5 Å². The van der Waals surface area contributed by atoms with Crippen molar-refractivity contribution in [3.8, 4) is 11.5 Å². The number of phenols is 2. The van der Waals surface area contributed by atoms with Crippen LogP contribution in [0.1, 0.15) is 6.42 Å². The van der Waals surface area contributed by atoms with Crippen LogP contribution in [0.4, 0.5) is 0 Å². The molecule has 0 aliphatic heterocycles. The maximum atomic E-state index is 9.96. The molecule has 0 bridgehead atoms. The number of rotatable bonds is 6. The molecule has 0 saturated heterocycles. The Balaban J connectivity index is 1.83. The van der Waals surface area contributed by atoms with E-state index < -0.39 is 5.12 Å².